The predicted molar refractivity (Wildman–Crippen MR) is 138 cm³/mol. The topological polar surface area (TPSA) is 41.5 Å². The largest absolute Gasteiger partial charge is 0.590 e. The van der Waals surface area contributed by atoms with Crippen LogP contribution >= 0.6 is 10.8 Å². The highest BCUT2D eigenvalue weighted by Gasteiger charge is 2.23. The van der Waals surface area contributed by atoms with E-state index in [1.807, 2.05) is 36.4 Å². The summed E-state index contributed by atoms with van der Waals surface area (Å²) in [7, 11) is -1.22. The van der Waals surface area contributed by atoms with E-state index >= 15 is 0 Å². The number of benzene rings is 2. The van der Waals surface area contributed by atoms with Gasteiger partial charge in [-0.3, -0.25) is 0 Å². The number of unbranched alkanes of at least 4 members (excludes halogenated alkanes) is 10. The maximum atomic E-state index is 13.3. The van der Waals surface area contributed by atoms with E-state index < -0.39 is 10.8 Å². The maximum Gasteiger partial charge on any atom is 0.226 e. The second-order valence-corrected chi connectivity index (χ2v) is 10.2. The average molecular weight is 457 g/mol. The standard InChI is InChI=1S/C28H40O3S/c1-3-5-7-9-11-15-21-30-25-20-19-24-23-17-13-14-18-26(23)32(29)28(24)27(25)31-22-16-12-10-8-6-4-2/h13-14,17-20H,3-12,15-16,21-22H2,1-2H3. The third-order valence-electron chi connectivity index (χ3n) is 6.14. The van der Waals surface area contributed by atoms with Crippen LogP contribution in [0.15, 0.2) is 36.4 Å². The van der Waals surface area contributed by atoms with Crippen molar-refractivity contribution in [1.82, 2.24) is 0 Å². The Hall–Kier alpha value is -1.78. The molecule has 4 heteroatoms. The number of hydrogen-bond donors (Lipinski definition) is 0. The third-order valence-corrected chi connectivity index (χ3v) is 7.67. The second kappa shape index (κ2) is 13.7. The van der Waals surface area contributed by atoms with E-state index in [9.17, 15) is 4.55 Å². The molecule has 0 saturated carbocycles. The first kappa shape index (κ1) is 24.9. The molecule has 1 aromatic heterocycles. The van der Waals surface area contributed by atoms with Crippen LogP contribution in [0, 0.1) is 0 Å². The van der Waals surface area contributed by atoms with Gasteiger partial charge < -0.3 is 14.0 Å². The number of ether oxygens (including phenoxy) is 2. The van der Waals surface area contributed by atoms with E-state index in [1.165, 1.54) is 64.2 Å². The van der Waals surface area contributed by atoms with Crippen LogP contribution in [0.4, 0.5) is 0 Å². The van der Waals surface area contributed by atoms with Gasteiger partial charge in [0.2, 0.25) is 10.4 Å². The van der Waals surface area contributed by atoms with Crippen LogP contribution in [0.2, 0.25) is 0 Å². The number of fused-ring (bicyclic) bond motifs is 3. The smallest absolute Gasteiger partial charge is 0.226 e. The molecular formula is C28H40O3S. The summed E-state index contributed by atoms with van der Waals surface area (Å²) in [6.45, 7) is 5.80. The molecule has 176 valence electrons. The summed E-state index contributed by atoms with van der Waals surface area (Å²) in [4.78, 5) is 0. The second-order valence-electron chi connectivity index (χ2n) is 8.77. The fourth-order valence-electron chi connectivity index (χ4n) is 4.27. The SMILES string of the molecule is CCCCCCCCOc1ccc2c3ccccc3[s+]([O-])c2c1OCCCCCCCC. The van der Waals surface area contributed by atoms with Crippen molar-refractivity contribution in [3.8, 4) is 11.5 Å². The molecule has 3 aromatic rings. The Labute approximate surface area is 196 Å². The van der Waals surface area contributed by atoms with E-state index in [-0.39, 0.29) is 0 Å². The van der Waals surface area contributed by atoms with Crippen molar-refractivity contribution < 1.29 is 14.0 Å². The van der Waals surface area contributed by atoms with Crippen LogP contribution in [0.5, 0.6) is 11.5 Å². The minimum Gasteiger partial charge on any atom is -0.590 e. The van der Waals surface area contributed by atoms with E-state index in [1.54, 1.807) is 0 Å². The maximum absolute atomic E-state index is 13.3. The van der Waals surface area contributed by atoms with Crippen LogP contribution in [-0.4, -0.2) is 17.8 Å². The van der Waals surface area contributed by atoms with E-state index in [2.05, 4.69) is 13.8 Å². The molecule has 0 aliphatic heterocycles. The lowest BCUT2D eigenvalue weighted by Crippen LogP contribution is -2.03. The van der Waals surface area contributed by atoms with Crippen molar-refractivity contribution in [3.05, 3.63) is 36.4 Å². The van der Waals surface area contributed by atoms with Crippen molar-refractivity contribution in [3.63, 3.8) is 0 Å². The summed E-state index contributed by atoms with van der Waals surface area (Å²) >= 11 is 0. The van der Waals surface area contributed by atoms with Gasteiger partial charge in [0.25, 0.3) is 0 Å². The quantitative estimate of drug-likeness (QED) is 0.159. The van der Waals surface area contributed by atoms with E-state index in [0.29, 0.717) is 19.0 Å². The Morgan fingerprint density at radius 3 is 1.94 bits per heavy atom. The van der Waals surface area contributed by atoms with Crippen molar-refractivity contribution in [2.75, 3.05) is 13.2 Å². The summed E-state index contributed by atoms with van der Waals surface area (Å²) in [5.74, 6) is 1.43. The molecule has 0 spiro atoms. The summed E-state index contributed by atoms with van der Waals surface area (Å²) < 4.78 is 27.4. The molecule has 0 aliphatic carbocycles. The molecule has 0 aliphatic rings. The highest BCUT2D eigenvalue weighted by atomic mass is 32.2. The molecule has 1 unspecified atom stereocenters. The molecule has 0 amide bonds. The minimum atomic E-state index is -1.22. The van der Waals surface area contributed by atoms with Gasteiger partial charge in [-0.05, 0) is 47.9 Å². The monoisotopic (exact) mass is 456 g/mol. The first-order chi connectivity index (χ1) is 15.8. The molecule has 1 atom stereocenters. The predicted octanol–water partition coefficient (Wildman–Crippen LogP) is 9.20. The summed E-state index contributed by atoms with van der Waals surface area (Å²) in [5, 5.41) is 2.07. The lowest BCUT2D eigenvalue weighted by molar-refractivity contribution is 0.261. The molecule has 0 saturated heterocycles. The first-order valence-corrected chi connectivity index (χ1v) is 13.9. The summed E-state index contributed by atoms with van der Waals surface area (Å²) in [6.07, 6.45) is 14.7. The molecule has 0 fully saturated rings. The molecule has 0 radical (unpaired) electrons. The van der Waals surface area contributed by atoms with Gasteiger partial charge in [-0.15, -0.1) is 0 Å². The Kier molecular flexibility index (Phi) is 10.6. The Bertz CT molecular complexity index is 947. The van der Waals surface area contributed by atoms with Gasteiger partial charge in [0, 0.05) is 5.39 Å². The summed E-state index contributed by atoms with van der Waals surface area (Å²) in [5.41, 5.74) is 0. The van der Waals surface area contributed by atoms with Gasteiger partial charge >= 0.3 is 0 Å². The van der Waals surface area contributed by atoms with Gasteiger partial charge in [0.15, 0.2) is 10.4 Å². The van der Waals surface area contributed by atoms with Gasteiger partial charge in [0.05, 0.1) is 18.6 Å². The molecular weight excluding hydrogens is 416 g/mol. The van der Waals surface area contributed by atoms with Crippen LogP contribution < -0.4 is 9.47 Å². The molecule has 2 aromatic carbocycles. The van der Waals surface area contributed by atoms with Crippen LogP contribution in [0.25, 0.3) is 20.2 Å². The number of thiophene rings is 1. The molecule has 3 rings (SSSR count). The summed E-state index contributed by atoms with van der Waals surface area (Å²) in [6, 6.07) is 12.0. The third kappa shape index (κ3) is 6.62. The van der Waals surface area contributed by atoms with E-state index in [4.69, 9.17) is 9.47 Å². The average Bonchev–Trinajstić information content (AvgIpc) is 3.11. The van der Waals surface area contributed by atoms with Crippen molar-refractivity contribution in [1.29, 1.82) is 0 Å². The van der Waals surface area contributed by atoms with Gasteiger partial charge in [-0.2, -0.15) is 0 Å². The van der Waals surface area contributed by atoms with Crippen molar-refractivity contribution >= 4 is 30.9 Å². The van der Waals surface area contributed by atoms with Crippen LogP contribution in [0.1, 0.15) is 90.9 Å². The highest BCUT2D eigenvalue weighted by molar-refractivity contribution is 7.38. The number of hydrogen-bond acceptors (Lipinski definition) is 3. The van der Waals surface area contributed by atoms with Gasteiger partial charge in [0.1, 0.15) is 0 Å². The zero-order valence-electron chi connectivity index (χ0n) is 20.0. The van der Waals surface area contributed by atoms with Gasteiger partial charge in [-0.1, -0.05) is 90.2 Å². The molecule has 1 heterocycles. The van der Waals surface area contributed by atoms with Crippen molar-refractivity contribution in [2.45, 2.75) is 90.9 Å². The highest BCUT2D eigenvalue weighted by Crippen LogP contribution is 2.48. The van der Waals surface area contributed by atoms with Crippen LogP contribution in [0.3, 0.4) is 0 Å². The Morgan fingerprint density at radius 1 is 0.656 bits per heavy atom. The Morgan fingerprint density at radius 2 is 1.25 bits per heavy atom. The molecule has 3 nitrogen and oxygen atoms in total. The van der Waals surface area contributed by atoms with Gasteiger partial charge in [-0.25, -0.2) is 0 Å². The lowest BCUT2D eigenvalue weighted by atomic mass is 10.1. The molecule has 32 heavy (non-hydrogen) atoms. The normalized spacial score (nSPS) is 12.0. The lowest BCUT2D eigenvalue weighted by Gasteiger charge is -2.13. The zero-order chi connectivity index (χ0) is 22.6. The van der Waals surface area contributed by atoms with E-state index in [0.717, 1.165) is 38.8 Å². The fraction of sp³-hybridized carbons (Fsp3) is 0.571. The molecule has 0 bridgehead atoms. The number of rotatable bonds is 16. The molecule has 0 N–H and O–H groups in total. The van der Waals surface area contributed by atoms with Crippen LogP contribution in [-0.2, 0) is 0 Å². The minimum absolute atomic E-state index is 0.642. The Balaban J connectivity index is 1.71. The zero-order valence-corrected chi connectivity index (χ0v) is 20.8. The first-order valence-electron chi connectivity index (χ1n) is 12.7. The van der Waals surface area contributed by atoms with Crippen molar-refractivity contribution in [2.24, 2.45) is 0 Å². The fourth-order valence-corrected chi connectivity index (χ4v) is 5.78.